The molecule has 0 amide bonds. The molecule has 1 aromatic heterocycles. The van der Waals surface area contributed by atoms with Crippen LogP contribution in [0.25, 0.3) is 0 Å². The van der Waals surface area contributed by atoms with Gasteiger partial charge in [-0.1, -0.05) is 38.1 Å². The number of nitrogens with one attached hydrogen (secondary N) is 1. The Morgan fingerprint density at radius 1 is 1.06 bits per heavy atom. The van der Waals surface area contributed by atoms with Crippen molar-refractivity contribution in [3.8, 4) is 0 Å². The van der Waals surface area contributed by atoms with Gasteiger partial charge in [-0.05, 0) is 53.5 Å². The molecule has 3 aromatic rings. The molecule has 0 aliphatic heterocycles. The zero-order chi connectivity index (χ0) is 25.2. The molecule has 0 saturated heterocycles. The van der Waals surface area contributed by atoms with E-state index in [9.17, 15) is 13.6 Å². The van der Waals surface area contributed by atoms with E-state index in [0.29, 0.717) is 17.7 Å². The lowest BCUT2D eigenvalue weighted by Gasteiger charge is -2.25. The highest BCUT2D eigenvalue weighted by Gasteiger charge is 2.24. The number of thioether (sulfide) groups is 1. The van der Waals surface area contributed by atoms with E-state index in [0.717, 1.165) is 28.7 Å². The second-order valence-electron chi connectivity index (χ2n) is 8.24. The Kier molecular flexibility index (Phi) is 10.2. The molecule has 0 aliphatic rings. The fraction of sp³-hybridized carbons (Fsp3) is 0.333. The summed E-state index contributed by atoms with van der Waals surface area (Å²) >= 11 is 1.57. The number of halogens is 2. The van der Waals surface area contributed by atoms with Gasteiger partial charge < -0.3 is 15.8 Å². The summed E-state index contributed by atoms with van der Waals surface area (Å²) in [6.07, 6.45) is 3.50. The van der Waals surface area contributed by atoms with Gasteiger partial charge in [0.15, 0.2) is 0 Å². The molecule has 2 unspecified atom stereocenters. The Bertz CT molecular complexity index is 1110. The van der Waals surface area contributed by atoms with Crippen LogP contribution in [0.15, 0.2) is 65.8 Å². The SMILES string of the molecule is CCSc1cncc(C(=O)OC(CNCc2cccc(CC)c2)C(N)Cc2cc(F)cc(F)c2)c1. The number of ether oxygens (including phenoxy) is 1. The number of aryl methyl sites for hydroxylation is 1. The van der Waals surface area contributed by atoms with Crippen molar-refractivity contribution in [1.29, 1.82) is 0 Å². The number of aromatic nitrogens is 1. The number of benzene rings is 2. The maximum absolute atomic E-state index is 13.7. The van der Waals surface area contributed by atoms with Gasteiger partial charge >= 0.3 is 5.97 Å². The number of carbonyl (C=O) groups excluding carboxylic acids is 1. The largest absolute Gasteiger partial charge is 0.456 e. The van der Waals surface area contributed by atoms with Crippen LogP contribution in [0.3, 0.4) is 0 Å². The highest BCUT2D eigenvalue weighted by atomic mass is 32.2. The third-order valence-corrected chi connectivity index (χ3v) is 6.31. The maximum atomic E-state index is 13.7. The second kappa shape index (κ2) is 13.3. The molecule has 8 heteroatoms. The second-order valence-corrected chi connectivity index (χ2v) is 9.57. The zero-order valence-electron chi connectivity index (χ0n) is 20.0. The summed E-state index contributed by atoms with van der Waals surface area (Å²) in [6, 6.07) is 12.5. The predicted molar refractivity (Wildman–Crippen MR) is 135 cm³/mol. The van der Waals surface area contributed by atoms with Crippen LogP contribution in [-0.2, 0) is 24.1 Å². The molecule has 0 fully saturated rings. The standard InChI is InChI=1S/C27H31F2N3O2S/c1-3-18-6-5-7-19(8-18)14-31-17-26(25(30)11-20-9-22(28)13-23(29)10-20)34-27(33)21-12-24(35-4-2)16-32-15-21/h5-10,12-13,15-16,25-26,31H,3-4,11,14,17,30H2,1-2H3. The van der Waals surface area contributed by atoms with Crippen molar-refractivity contribution in [2.75, 3.05) is 12.3 Å². The first-order chi connectivity index (χ1) is 16.9. The average molecular weight is 500 g/mol. The molecule has 2 aromatic carbocycles. The normalized spacial score (nSPS) is 12.8. The van der Waals surface area contributed by atoms with Gasteiger partial charge in [-0.25, -0.2) is 13.6 Å². The van der Waals surface area contributed by atoms with Gasteiger partial charge in [0.1, 0.15) is 17.7 Å². The topological polar surface area (TPSA) is 77.2 Å². The quantitative estimate of drug-likeness (QED) is 0.272. The molecule has 2 atom stereocenters. The lowest BCUT2D eigenvalue weighted by molar-refractivity contribution is 0.0237. The van der Waals surface area contributed by atoms with Crippen LogP contribution in [0.5, 0.6) is 0 Å². The molecule has 3 rings (SSSR count). The molecule has 0 radical (unpaired) electrons. The van der Waals surface area contributed by atoms with Gasteiger partial charge in [-0.15, -0.1) is 11.8 Å². The summed E-state index contributed by atoms with van der Waals surface area (Å²) in [7, 11) is 0. The number of pyridine rings is 1. The Hall–Kier alpha value is -2.81. The van der Waals surface area contributed by atoms with Crippen LogP contribution in [0.4, 0.5) is 8.78 Å². The van der Waals surface area contributed by atoms with Gasteiger partial charge in [0, 0.05) is 42.5 Å². The average Bonchev–Trinajstić information content (AvgIpc) is 2.83. The number of nitrogens with two attached hydrogens (primary N) is 1. The smallest absolute Gasteiger partial charge is 0.340 e. The maximum Gasteiger partial charge on any atom is 0.340 e. The first-order valence-electron chi connectivity index (χ1n) is 11.7. The minimum atomic E-state index is -0.731. The molecule has 5 nitrogen and oxygen atoms in total. The van der Waals surface area contributed by atoms with Crippen molar-refractivity contribution in [1.82, 2.24) is 10.3 Å². The van der Waals surface area contributed by atoms with Gasteiger partial charge in [0.25, 0.3) is 0 Å². The van der Waals surface area contributed by atoms with Crippen molar-refractivity contribution < 1.29 is 18.3 Å². The van der Waals surface area contributed by atoms with E-state index >= 15 is 0 Å². The molecule has 186 valence electrons. The van der Waals surface area contributed by atoms with Gasteiger partial charge in [0.2, 0.25) is 0 Å². The van der Waals surface area contributed by atoms with Crippen molar-refractivity contribution in [3.05, 3.63) is 94.8 Å². The van der Waals surface area contributed by atoms with Gasteiger partial charge in [-0.2, -0.15) is 0 Å². The number of hydrogen-bond donors (Lipinski definition) is 2. The van der Waals surface area contributed by atoms with Crippen LogP contribution < -0.4 is 11.1 Å². The number of nitrogens with zero attached hydrogens (tertiary/aromatic N) is 1. The Morgan fingerprint density at radius 2 is 1.80 bits per heavy atom. The Labute approximate surface area is 209 Å². The fourth-order valence-electron chi connectivity index (χ4n) is 3.71. The van der Waals surface area contributed by atoms with Gasteiger partial charge in [-0.3, -0.25) is 4.98 Å². The van der Waals surface area contributed by atoms with Crippen molar-refractivity contribution in [2.45, 2.75) is 50.3 Å². The molecule has 35 heavy (non-hydrogen) atoms. The molecular formula is C27H31F2N3O2S. The predicted octanol–water partition coefficient (Wildman–Crippen LogP) is 4.92. The van der Waals surface area contributed by atoms with Crippen LogP contribution in [0, 0.1) is 11.6 Å². The van der Waals surface area contributed by atoms with Crippen molar-refractivity contribution in [3.63, 3.8) is 0 Å². The third kappa shape index (κ3) is 8.42. The summed E-state index contributed by atoms with van der Waals surface area (Å²) in [5.41, 5.74) is 9.45. The summed E-state index contributed by atoms with van der Waals surface area (Å²) in [5, 5.41) is 3.31. The van der Waals surface area contributed by atoms with Crippen LogP contribution in [0.2, 0.25) is 0 Å². The molecule has 0 saturated carbocycles. The Morgan fingerprint density at radius 3 is 2.51 bits per heavy atom. The van der Waals surface area contributed by atoms with E-state index in [4.69, 9.17) is 10.5 Å². The first kappa shape index (κ1) is 26.8. The van der Waals surface area contributed by atoms with Crippen LogP contribution >= 0.6 is 11.8 Å². The summed E-state index contributed by atoms with van der Waals surface area (Å²) < 4.78 is 33.1. The van der Waals surface area contributed by atoms with Crippen molar-refractivity contribution in [2.24, 2.45) is 5.73 Å². The monoisotopic (exact) mass is 499 g/mol. The minimum Gasteiger partial charge on any atom is -0.456 e. The van der Waals surface area contributed by atoms with E-state index in [1.807, 2.05) is 19.1 Å². The molecular weight excluding hydrogens is 468 g/mol. The van der Waals surface area contributed by atoms with E-state index in [1.54, 1.807) is 24.0 Å². The minimum absolute atomic E-state index is 0.142. The number of hydrogen-bond acceptors (Lipinski definition) is 6. The number of esters is 1. The van der Waals surface area contributed by atoms with E-state index in [1.165, 1.54) is 23.9 Å². The fourth-order valence-corrected chi connectivity index (χ4v) is 4.39. The summed E-state index contributed by atoms with van der Waals surface area (Å²) in [4.78, 5) is 17.9. The van der Waals surface area contributed by atoms with E-state index in [-0.39, 0.29) is 13.0 Å². The van der Waals surface area contributed by atoms with Gasteiger partial charge in [0.05, 0.1) is 5.56 Å². The summed E-state index contributed by atoms with van der Waals surface area (Å²) in [6.45, 7) is 4.95. The molecule has 0 spiro atoms. The molecule has 0 aliphatic carbocycles. The van der Waals surface area contributed by atoms with Crippen molar-refractivity contribution >= 4 is 17.7 Å². The highest BCUT2D eigenvalue weighted by molar-refractivity contribution is 7.99. The number of rotatable bonds is 12. The highest BCUT2D eigenvalue weighted by Crippen LogP contribution is 2.19. The molecule has 1 heterocycles. The zero-order valence-corrected chi connectivity index (χ0v) is 20.8. The number of carbonyl (C=O) groups is 1. The summed E-state index contributed by atoms with van der Waals surface area (Å²) in [5.74, 6) is -1.05. The van der Waals surface area contributed by atoms with Crippen LogP contribution in [0.1, 0.15) is 40.9 Å². The van der Waals surface area contributed by atoms with E-state index < -0.39 is 29.7 Å². The van der Waals surface area contributed by atoms with E-state index in [2.05, 4.69) is 29.4 Å². The lowest BCUT2D eigenvalue weighted by Crippen LogP contribution is -2.46. The molecule has 0 bridgehead atoms. The van der Waals surface area contributed by atoms with Crippen LogP contribution in [-0.4, -0.2) is 35.4 Å². The molecule has 3 N–H and O–H groups in total. The third-order valence-electron chi connectivity index (χ3n) is 5.46. The first-order valence-corrected chi connectivity index (χ1v) is 12.6. The lowest BCUT2D eigenvalue weighted by atomic mass is 10.0. The Balaban J connectivity index is 1.72.